The van der Waals surface area contributed by atoms with Crippen LogP contribution in [0.2, 0.25) is 0 Å². The van der Waals surface area contributed by atoms with E-state index in [-0.39, 0.29) is 4.90 Å². The molecular weight excluding hydrogens is 311 g/mol. The highest BCUT2D eigenvalue weighted by Crippen LogP contribution is 2.17. The second-order valence-electron chi connectivity index (χ2n) is 4.40. The van der Waals surface area contributed by atoms with Crippen LogP contribution in [0.25, 0.3) is 0 Å². The van der Waals surface area contributed by atoms with Crippen LogP contribution in [0.15, 0.2) is 53.4 Å². The molecule has 0 radical (unpaired) electrons. The number of nitrogens with one attached hydrogen (secondary N) is 1. The van der Waals surface area contributed by atoms with E-state index in [0.29, 0.717) is 17.1 Å². The zero-order valence-corrected chi connectivity index (χ0v) is 12.5. The highest BCUT2D eigenvalue weighted by Gasteiger charge is 2.13. The Morgan fingerprint density at radius 1 is 1.10 bits per heavy atom. The molecule has 0 spiro atoms. The summed E-state index contributed by atoms with van der Waals surface area (Å²) in [5.74, 6) is -0.490. The third-order valence-electron chi connectivity index (χ3n) is 2.71. The van der Waals surface area contributed by atoms with Crippen LogP contribution >= 0.6 is 12.2 Å². The second kappa shape index (κ2) is 6.19. The molecule has 0 saturated heterocycles. The summed E-state index contributed by atoms with van der Waals surface area (Å²) in [4.78, 5) is 0.366. The number of hydrogen-bond acceptors (Lipinski definition) is 3. The first kappa shape index (κ1) is 15.4. The Bertz CT molecular complexity index is 742. The zero-order chi connectivity index (χ0) is 15.5. The Morgan fingerprint density at radius 2 is 1.67 bits per heavy atom. The van der Waals surface area contributed by atoms with Crippen molar-refractivity contribution in [3.8, 4) is 0 Å². The number of anilines is 1. The minimum atomic E-state index is -3.73. The largest absolute Gasteiger partial charge is 0.393 e. The van der Waals surface area contributed by atoms with E-state index >= 15 is 0 Å². The van der Waals surface area contributed by atoms with Crippen LogP contribution in [0.1, 0.15) is 5.56 Å². The lowest BCUT2D eigenvalue weighted by molar-refractivity contribution is 0.599. The molecule has 0 fully saturated rings. The molecule has 3 N–H and O–H groups in total. The van der Waals surface area contributed by atoms with Crippen molar-refractivity contribution >= 4 is 32.9 Å². The van der Waals surface area contributed by atoms with Crippen molar-refractivity contribution in [3.05, 3.63) is 59.9 Å². The summed E-state index contributed by atoms with van der Waals surface area (Å²) in [6.45, 7) is 0. The fraction of sp³-hybridized carbons (Fsp3) is 0.0714. The van der Waals surface area contributed by atoms with Gasteiger partial charge in [-0.05, 0) is 42.0 Å². The molecule has 2 aromatic rings. The smallest absolute Gasteiger partial charge is 0.261 e. The fourth-order valence-corrected chi connectivity index (χ4v) is 2.94. The number of hydrogen-bond donors (Lipinski definition) is 2. The van der Waals surface area contributed by atoms with Crippen molar-refractivity contribution in [2.45, 2.75) is 11.3 Å². The first-order chi connectivity index (χ1) is 9.87. The molecule has 7 heteroatoms. The van der Waals surface area contributed by atoms with Gasteiger partial charge >= 0.3 is 0 Å². The van der Waals surface area contributed by atoms with E-state index in [9.17, 15) is 12.8 Å². The summed E-state index contributed by atoms with van der Waals surface area (Å²) in [7, 11) is -3.73. The highest BCUT2D eigenvalue weighted by atomic mass is 32.2. The van der Waals surface area contributed by atoms with Gasteiger partial charge in [0.2, 0.25) is 0 Å². The minimum Gasteiger partial charge on any atom is -0.393 e. The van der Waals surface area contributed by atoms with Crippen molar-refractivity contribution in [1.29, 1.82) is 0 Å². The van der Waals surface area contributed by atoms with E-state index in [2.05, 4.69) is 4.72 Å². The van der Waals surface area contributed by atoms with Crippen LogP contribution < -0.4 is 10.5 Å². The van der Waals surface area contributed by atoms with Crippen LogP contribution in [0, 0.1) is 5.82 Å². The van der Waals surface area contributed by atoms with Gasteiger partial charge in [0.05, 0.1) is 9.88 Å². The summed E-state index contributed by atoms with van der Waals surface area (Å²) in [5, 5.41) is 0. The van der Waals surface area contributed by atoms with E-state index in [1.54, 1.807) is 24.3 Å². The molecule has 0 aromatic heterocycles. The maximum absolute atomic E-state index is 12.8. The maximum Gasteiger partial charge on any atom is 0.261 e. The molecule has 0 unspecified atom stereocenters. The molecule has 0 bridgehead atoms. The Balaban J connectivity index is 2.16. The molecule has 0 heterocycles. The summed E-state index contributed by atoms with van der Waals surface area (Å²) >= 11 is 4.81. The molecule has 0 amide bonds. The fourth-order valence-electron chi connectivity index (χ4n) is 1.72. The van der Waals surface area contributed by atoms with Crippen LogP contribution in [0.5, 0.6) is 0 Å². The topological polar surface area (TPSA) is 72.2 Å². The number of benzene rings is 2. The van der Waals surface area contributed by atoms with E-state index in [1.807, 2.05) is 0 Å². The van der Waals surface area contributed by atoms with Gasteiger partial charge in [0, 0.05) is 12.1 Å². The van der Waals surface area contributed by atoms with Gasteiger partial charge in [-0.3, -0.25) is 4.72 Å². The van der Waals surface area contributed by atoms with Crippen molar-refractivity contribution in [2.75, 3.05) is 4.72 Å². The predicted octanol–water partition coefficient (Wildman–Crippen LogP) is 2.46. The molecule has 2 aromatic carbocycles. The third-order valence-corrected chi connectivity index (χ3v) is 4.25. The second-order valence-corrected chi connectivity index (χ2v) is 6.61. The molecule has 2 rings (SSSR count). The quantitative estimate of drug-likeness (QED) is 0.829. The van der Waals surface area contributed by atoms with Crippen LogP contribution in [0.4, 0.5) is 10.1 Å². The molecule has 0 saturated carbocycles. The Labute approximate surface area is 127 Å². The number of halogens is 1. The lowest BCUT2D eigenvalue weighted by atomic mass is 10.1. The van der Waals surface area contributed by atoms with Gasteiger partial charge in [-0.1, -0.05) is 24.4 Å². The number of rotatable bonds is 5. The summed E-state index contributed by atoms with van der Waals surface area (Å²) in [6.07, 6.45) is 0.459. The number of thiocarbonyl (C=S) groups is 1. The molecule has 4 nitrogen and oxygen atoms in total. The van der Waals surface area contributed by atoms with E-state index in [1.165, 1.54) is 12.1 Å². The van der Waals surface area contributed by atoms with Crippen LogP contribution in [-0.2, 0) is 16.4 Å². The van der Waals surface area contributed by atoms with Gasteiger partial charge in [0.1, 0.15) is 5.82 Å². The van der Waals surface area contributed by atoms with Crippen LogP contribution in [0.3, 0.4) is 0 Å². The lowest BCUT2D eigenvalue weighted by Gasteiger charge is -2.08. The number of sulfonamides is 1. The van der Waals surface area contributed by atoms with E-state index in [4.69, 9.17) is 18.0 Å². The number of nitrogens with two attached hydrogens (primary N) is 1. The molecular formula is C14H13FN2O2S2. The average molecular weight is 324 g/mol. The lowest BCUT2D eigenvalue weighted by Crippen LogP contribution is -2.13. The first-order valence-electron chi connectivity index (χ1n) is 6.02. The van der Waals surface area contributed by atoms with E-state index in [0.717, 1.165) is 17.7 Å². The van der Waals surface area contributed by atoms with Crippen molar-refractivity contribution in [3.63, 3.8) is 0 Å². The zero-order valence-electron chi connectivity index (χ0n) is 10.9. The molecule has 0 aliphatic heterocycles. The van der Waals surface area contributed by atoms with Gasteiger partial charge in [0.25, 0.3) is 10.0 Å². The molecule has 0 atom stereocenters. The van der Waals surface area contributed by atoms with Gasteiger partial charge in [0.15, 0.2) is 0 Å². The first-order valence-corrected chi connectivity index (χ1v) is 7.91. The molecule has 110 valence electrons. The molecule has 21 heavy (non-hydrogen) atoms. The highest BCUT2D eigenvalue weighted by molar-refractivity contribution is 7.92. The SMILES string of the molecule is NC(=S)Cc1ccc(NS(=O)(=O)c2ccc(F)cc2)cc1. The van der Waals surface area contributed by atoms with Gasteiger partial charge in [-0.2, -0.15) is 0 Å². The summed E-state index contributed by atoms with van der Waals surface area (Å²) < 4.78 is 39.4. The Hall–Kier alpha value is -1.99. The third kappa shape index (κ3) is 4.24. The predicted molar refractivity (Wildman–Crippen MR) is 84.1 cm³/mol. The summed E-state index contributed by atoms with van der Waals surface area (Å²) in [6, 6.07) is 11.3. The van der Waals surface area contributed by atoms with Crippen molar-refractivity contribution < 1.29 is 12.8 Å². The van der Waals surface area contributed by atoms with E-state index < -0.39 is 15.8 Å². The minimum absolute atomic E-state index is 0.00360. The Kier molecular flexibility index (Phi) is 4.54. The van der Waals surface area contributed by atoms with Crippen molar-refractivity contribution in [1.82, 2.24) is 0 Å². The normalized spacial score (nSPS) is 11.1. The van der Waals surface area contributed by atoms with Gasteiger partial charge in [-0.15, -0.1) is 0 Å². The van der Waals surface area contributed by atoms with Crippen LogP contribution in [-0.4, -0.2) is 13.4 Å². The van der Waals surface area contributed by atoms with Gasteiger partial charge in [-0.25, -0.2) is 12.8 Å². The van der Waals surface area contributed by atoms with Crippen molar-refractivity contribution in [2.24, 2.45) is 5.73 Å². The standard InChI is InChI=1S/C14H13FN2O2S2/c15-11-3-7-13(8-4-11)21(18,19)17-12-5-1-10(2-6-12)9-14(16)20/h1-8,17H,9H2,(H2,16,20). The molecule has 0 aliphatic rings. The maximum atomic E-state index is 12.8. The molecule has 0 aliphatic carbocycles. The average Bonchev–Trinajstić information content (AvgIpc) is 2.40. The summed E-state index contributed by atoms with van der Waals surface area (Å²) in [5.41, 5.74) is 6.75. The Morgan fingerprint density at radius 3 is 2.19 bits per heavy atom. The van der Waals surface area contributed by atoms with Gasteiger partial charge < -0.3 is 5.73 Å². The monoisotopic (exact) mass is 324 g/mol.